The maximum Gasteiger partial charge on any atom is 0.282 e. The van der Waals surface area contributed by atoms with Crippen molar-refractivity contribution in [3.63, 3.8) is 0 Å². The van der Waals surface area contributed by atoms with Gasteiger partial charge in [0.2, 0.25) is 5.91 Å². The highest BCUT2D eigenvalue weighted by molar-refractivity contribution is 6.44. The molecule has 72 valence electrons. The van der Waals surface area contributed by atoms with E-state index in [-0.39, 0.29) is 18.7 Å². The Morgan fingerprint density at radius 3 is 3.00 bits per heavy atom. The van der Waals surface area contributed by atoms with Gasteiger partial charge in [-0.2, -0.15) is 5.10 Å². The molecule has 0 saturated heterocycles. The molecule has 0 aliphatic carbocycles. The highest BCUT2D eigenvalue weighted by atomic mass is 16.3. The molecule has 1 aliphatic rings. The van der Waals surface area contributed by atoms with Crippen LogP contribution in [0.3, 0.4) is 0 Å². The molecule has 13 heavy (non-hydrogen) atoms. The Bertz CT molecular complexity index is 263. The van der Waals surface area contributed by atoms with Crippen LogP contribution in [0.4, 0.5) is 0 Å². The Labute approximate surface area is 74.0 Å². The Hall–Kier alpha value is -1.47. The number of hydrogen-bond acceptors (Lipinski definition) is 5. The molecule has 0 spiro atoms. The van der Waals surface area contributed by atoms with E-state index < -0.39 is 17.7 Å². The van der Waals surface area contributed by atoms with Gasteiger partial charge in [0.15, 0.2) is 0 Å². The van der Waals surface area contributed by atoms with Crippen LogP contribution in [0.5, 0.6) is 0 Å². The molecule has 1 atom stereocenters. The Kier molecular flexibility index (Phi) is 2.93. The molecule has 5 N–H and O–H groups in total. The molecule has 2 amide bonds. The van der Waals surface area contributed by atoms with Gasteiger partial charge in [0.05, 0.1) is 5.92 Å². The molecule has 0 bridgehead atoms. The van der Waals surface area contributed by atoms with Crippen molar-refractivity contribution in [2.45, 2.75) is 6.42 Å². The molecule has 7 heteroatoms. The summed E-state index contributed by atoms with van der Waals surface area (Å²) in [6, 6.07) is 0. The predicted molar refractivity (Wildman–Crippen MR) is 43.1 cm³/mol. The minimum absolute atomic E-state index is 0.0153. The number of hydrazone groups is 1. The molecule has 0 saturated carbocycles. The standard InChI is InChI=1S/C6H10N4O3/c7-8-6(13)4-3(1-2-11)5(12)10-9-4/h3,11H,1-2,7H2,(H,8,13)(H,10,12)/t3-/m0/s1. The van der Waals surface area contributed by atoms with Crippen LogP contribution in [0.1, 0.15) is 6.42 Å². The van der Waals surface area contributed by atoms with Gasteiger partial charge in [-0.05, 0) is 6.42 Å². The number of nitrogens with zero attached hydrogens (tertiary/aromatic N) is 1. The number of nitrogens with one attached hydrogen (secondary N) is 2. The Morgan fingerprint density at radius 1 is 1.77 bits per heavy atom. The van der Waals surface area contributed by atoms with E-state index in [1.165, 1.54) is 0 Å². The monoisotopic (exact) mass is 186 g/mol. The molecule has 1 rings (SSSR count). The number of aliphatic hydroxyl groups excluding tert-OH is 1. The normalized spacial score (nSPS) is 20.9. The fourth-order valence-electron chi connectivity index (χ4n) is 1.08. The first kappa shape index (κ1) is 9.62. The zero-order valence-electron chi connectivity index (χ0n) is 6.78. The average Bonchev–Trinajstić information content (AvgIpc) is 2.48. The predicted octanol–water partition coefficient (Wildman–Crippen LogP) is -2.54. The second-order valence-electron chi connectivity index (χ2n) is 2.51. The summed E-state index contributed by atoms with van der Waals surface area (Å²) < 4.78 is 0. The number of amides is 2. The Morgan fingerprint density at radius 2 is 2.46 bits per heavy atom. The van der Waals surface area contributed by atoms with E-state index >= 15 is 0 Å². The smallest absolute Gasteiger partial charge is 0.282 e. The van der Waals surface area contributed by atoms with Gasteiger partial charge in [-0.1, -0.05) is 0 Å². The van der Waals surface area contributed by atoms with E-state index in [1.807, 2.05) is 5.43 Å². The van der Waals surface area contributed by atoms with Crippen LogP contribution in [0.2, 0.25) is 0 Å². The first-order chi connectivity index (χ1) is 6.20. The van der Waals surface area contributed by atoms with Crippen LogP contribution in [0.15, 0.2) is 5.10 Å². The zero-order chi connectivity index (χ0) is 9.84. The van der Waals surface area contributed by atoms with E-state index in [4.69, 9.17) is 10.9 Å². The van der Waals surface area contributed by atoms with Crippen molar-refractivity contribution in [1.29, 1.82) is 0 Å². The summed E-state index contributed by atoms with van der Waals surface area (Å²) in [7, 11) is 0. The summed E-state index contributed by atoms with van der Waals surface area (Å²) in [5, 5.41) is 12.1. The van der Waals surface area contributed by atoms with Gasteiger partial charge in [-0.25, -0.2) is 11.3 Å². The molecule has 0 aromatic rings. The fraction of sp³-hybridized carbons (Fsp3) is 0.500. The lowest BCUT2D eigenvalue weighted by atomic mass is 10.00. The number of hydrazine groups is 1. The topological polar surface area (TPSA) is 117 Å². The van der Waals surface area contributed by atoms with Crippen molar-refractivity contribution in [3.8, 4) is 0 Å². The average molecular weight is 186 g/mol. The van der Waals surface area contributed by atoms with Crippen molar-refractivity contribution in [1.82, 2.24) is 10.9 Å². The number of nitrogens with two attached hydrogens (primary N) is 1. The third-order valence-corrected chi connectivity index (χ3v) is 1.71. The summed E-state index contributed by atoms with van der Waals surface area (Å²) >= 11 is 0. The van der Waals surface area contributed by atoms with Crippen molar-refractivity contribution in [2.75, 3.05) is 6.61 Å². The number of aliphatic hydroxyl groups is 1. The first-order valence-electron chi connectivity index (χ1n) is 3.70. The quantitative estimate of drug-likeness (QED) is 0.221. The number of carbonyl (C=O) groups is 2. The molecule has 0 fully saturated rings. The van der Waals surface area contributed by atoms with Crippen LogP contribution in [-0.2, 0) is 9.59 Å². The molecule has 1 aliphatic heterocycles. The molecule has 0 aromatic carbocycles. The largest absolute Gasteiger partial charge is 0.396 e. The van der Waals surface area contributed by atoms with Gasteiger partial charge in [0, 0.05) is 6.61 Å². The van der Waals surface area contributed by atoms with Gasteiger partial charge in [-0.3, -0.25) is 15.0 Å². The SMILES string of the molecule is NNC(=O)C1=NNC(=O)[C@H]1CCO. The van der Waals surface area contributed by atoms with Crippen molar-refractivity contribution in [2.24, 2.45) is 16.9 Å². The molecular formula is C6H10N4O3. The van der Waals surface area contributed by atoms with E-state index in [2.05, 4.69) is 10.5 Å². The number of hydrogen-bond donors (Lipinski definition) is 4. The van der Waals surface area contributed by atoms with Crippen LogP contribution >= 0.6 is 0 Å². The third-order valence-electron chi connectivity index (χ3n) is 1.71. The fourth-order valence-corrected chi connectivity index (χ4v) is 1.08. The Balaban J connectivity index is 2.73. The third kappa shape index (κ3) is 1.82. The van der Waals surface area contributed by atoms with Crippen LogP contribution in [-0.4, -0.2) is 29.2 Å². The van der Waals surface area contributed by atoms with Gasteiger partial charge in [0.25, 0.3) is 5.91 Å². The molecule has 0 radical (unpaired) electrons. The minimum Gasteiger partial charge on any atom is -0.396 e. The lowest BCUT2D eigenvalue weighted by Crippen LogP contribution is -2.40. The number of carbonyl (C=O) groups excluding carboxylic acids is 2. The van der Waals surface area contributed by atoms with Crippen LogP contribution in [0, 0.1) is 5.92 Å². The van der Waals surface area contributed by atoms with Gasteiger partial charge < -0.3 is 5.11 Å². The number of rotatable bonds is 3. The molecular weight excluding hydrogens is 176 g/mol. The molecule has 0 aromatic heterocycles. The van der Waals surface area contributed by atoms with E-state index in [1.54, 1.807) is 0 Å². The van der Waals surface area contributed by atoms with E-state index in [0.29, 0.717) is 0 Å². The van der Waals surface area contributed by atoms with Crippen LogP contribution in [0.25, 0.3) is 0 Å². The van der Waals surface area contributed by atoms with Gasteiger partial charge >= 0.3 is 0 Å². The van der Waals surface area contributed by atoms with Crippen LogP contribution < -0.4 is 16.7 Å². The highest BCUT2D eigenvalue weighted by Gasteiger charge is 2.33. The second kappa shape index (κ2) is 3.97. The van der Waals surface area contributed by atoms with E-state index in [0.717, 1.165) is 0 Å². The molecule has 7 nitrogen and oxygen atoms in total. The minimum atomic E-state index is -0.700. The van der Waals surface area contributed by atoms with Crippen molar-refractivity contribution >= 4 is 17.5 Å². The maximum atomic E-state index is 11.0. The highest BCUT2D eigenvalue weighted by Crippen LogP contribution is 2.10. The maximum absolute atomic E-state index is 11.0. The lowest BCUT2D eigenvalue weighted by molar-refractivity contribution is -0.123. The van der Waals surface area contributed by atoms with Crippen molar-refractivity contribution < 1.29 is 14.7 Å². The first-order valence-corrected chi connectivity index (χ1v) is 3.70. The van der Waals surface area contributed by atoms with Gasteiger partial charge in [-0.15, -0.1) is 0 Å². The second-order valence-corrected chi connectivity index (χ2v) is 2.51. The lowest BCUT2D eigenvalue weighted by Gasteiger charge is -2.06. The summed E-state index contributed by atoms with van der Waals surface area (Å²) in [6.07, 6.45) is 0.165. The summed E-state index contributed by atoms with van der Waals surface area (Å²) in [6.45, 7) is -0.186. The zero-order valence-corrected chi connectivity index (χ0v) is 6.78. The van der Waals surface area contributed by atoms with E-state index in [9.17, 15) is 9.59 Å². The van der Waals surface area contributed by atoms with Gasteiger partial charge in [0.1, 0.15) is 5.71 Å². The molecule has 1 heterocycles. The summed E-state index contributed by atoms with van der Waals surface area (Å²) in [4.78, 5) is 22.0. The summed E-state index contributed by atoms with van der Waals surface area (Å²) in [5.74, 6) is 3.16. The summed E-state index contributed by atoms with van der Waals surface area (Å²) in [5.41, 5.74) is 4.03. The molecule has 0 unspecified atom stereocenters. The van der Waals surface area contributed by atoms with Crippen molar-refractivity contribution in [3.05, 3.63) is 0 Å².